The number of aromatic nitrogens is 3. The number of anilines is 1. The first-order valence-electron chi connectivity index (χ1n) is 5.18. The maximum Gasteiger partial charge on any atom is 0.165 e. The lowest BCUT2D eigenvalue weighted by Crippen LogP contribution is -2.32. The molecule has 2 N–H and O–H groups in total. The smallest absolute Gasteiger partial charge is 0.165 e. The predicted molar refractivity (Wildman–Crippen MR) is 57.3 cm³/mol. The van der Waals surface area contributed by atoms with Crippen molar-refractivity contribution in [3.05, 3.63) is 6.20 Å². The summed E-state index contributed by atoms with van der Waals surface area (Å²) < 4.78 is 5.97. The van der Waals surface area contributed by atoms with Crippen molar-refractivity contribution < 1.29 is 4.74 Å². The SMILES string of the molecule is CC1(C)CC(n2ncc(N)n2)C(C)(C)O1. The molecule has 0 saturated carbocycles. The summed E-state index contributed by atoms with van der Waals surface area (Å²) in [5.41, 5.74) is 5.18. The molecular weight excluding hydrogens is 192 g/mol. The third-order valence-corrected chi connectivity index (χ3v) is 2.83. The van der Waals surface area contributed by atoms with Gasteiger partial charge in [0.2, 0.25) is 0 Å². The second-order valence-corrected chi connectivity index (χ2v) is 5.27. The Morgan fingerprint density at radius 1 is 1.47 bits per heavy atom. The van der Waals surface area contributed by atoms with Gasteiger partial charge < -0.3 is 10.5 Å². The molecule has 0 amide bonds. The molecule has 84 valence electrons. The van der Waals surface area contributed by atoms with Crippen LogP contribution in [0.4, 0.5) is 5.82 Å². The quantitative estimate of drug-likeness (QED) is 0.760. The van der Waals surface area contributed by atoms with Crippen LogP contribution in [0.15, 0.2) is 6.20 Å². The largest absolute Gasteiger partial charge is 0.381 e. The van der Waals surface area contributed by atoms with Crippen molar-refractivity contribution in [3.8, 4) is 0 Å². The van der Waals surface area contributed by atoms with Crippen LogP contribution in [0.5, 0.6) is 0 Å². The van der Waals surface area contributed by atoms with E-state index in [2.05, 4.69) is 37.9 Å². The van der Waals surface area contributed by atoms with E-state index < -0.39 is 0 Å². The van der Waals surface area contributed by atoms with Crippen LogP contribution in [0.2, 0.25) is 0 Å². The first-order chi connectivity index (χ1) is 6.80. The zero-order valence-corrected chi connectivity index (χ0v) is 9.69. The van der Waals surface area contributed by atoms with Gasteiger partial charge in [-0.25, -0.2) is 0 Å². The van der Waals surface area contributed by atoms with Gasteiger partial charge in [0.15, 0.2) is 5.82 Å². The minimum absolute atomic E-state index is 0.128. The Hall–Kier alpha value is -1.10. The molecule has 1 saturated heterocycles. The highest BCUT2D eigenvalue weighted by Gasteiger charge is 2.47. The lowest BCUT2D eigenvalue weighted by Gasteiger charge is -2.26. The van der Waals surface area contributed by atoms with Gasteiger partial charge in [-0.05, 0) is 27.7 Å². The monoisotopic (exact) mass is 210 g/mol. The zero-order chi connectivity index (χ0) is 11.3. The van der Waals surface area contributed by atoms with Crippen LogP contribution in [0, 0.1) is 0 Å². The summed E-state index contributed by atoms with van der Waals surface area (Å²) in [6.45, 7) is 8.29. The molecular formula is C10H18N4O. The van der Waals surface area contributed by atoms with Gasteiger partial charge in [-0.1, -0.05) is 0 Å². The molecule has 1 fully saturated rings. The summed E-state index contributed by atoms with van der Waals surface area (Å²) in [5.74, 6) is 0.454. The molecule has 1 aliphatic rings. The summed E-state index contributed by atoms with van der Waals surface area (Å²) in [7, 11) is 0. The number of rotatable bonds is 1. The van der Waals surface area contributed by atoms with Crippen LogP contribution < -0.4 is 5.73 Å². The normalized spacial score (nSPS) is 28.1. The predicted octanol–water partition coefficient (Wildman–Crippen LogP) is 1.38. The van der Waals surface area contributed by atoms with Gasteiger partial charge in [0.25, 0.3) is 0 Å². The van der Waals surface area contributed by atoms with E-state index in [9.17, 15) is 0 Å². The molecule has 1 aromatic rings. The Morgan fingerprint density at radius 3 is 2.53 bits per heavy atom. The Morgan fingerprint density at radius 2 is 2.13 bits per heavy atom. The fourth-order valence-electron chi connectivity index (χ4n) is 2.33. The lowest BCUT2D eigenvalue weighted by molar-refractivity contribution is -0.0747. The molecule has 2 rings (SSSR count). The van der Waals surface area contributed by atoms with E-state index in [1.54, 1.807) is 11.0 Å². The van der Waals surface area contributed by atoms with E-state index >= 15 is 0 Å². The van der Waals surface area contributed by atoms with Crippen molar-refractivity contribution in [2.45, 2.75) is 51.4 Å². The van der Waals surface area contributed by atoms with Crippen LogP contribution in [0.3, 0.4) is 0 Å². The highest BCUT2D eigenvalue weighted by molar-refractivity contribution is 5.19. The second kappa shape index (κ2) is 2.95. The first kappa shape index (κ1) is 10.4. The standard InChI is InChI=1S/C10H18N4O/c1-9(2)5-7(10(3,4)15-9)14-12-6-8(11)13-14/h6-7H,5H2,1-4H3,(H2,11,13). The highest BCUT2D eigenvalue weighted by atomic mass is 16.5. The highest BCUT2D eigenvalue weighted by Crippen LogP contribution is 2.44. The number of hydrogen-bond donors (Lipinski definition) is 1. The average molecular weight is 210 g/mol. The van der Waals surface area contributed by atoms with Gasteiger partial charge >= 0.3 is 0 Å². The van der Waals surface area contributed by atoms with Gasteiger partial charge in [-0.3, -0.25) is 0 Å². The Kier molecular flexibility index (Phi) is 2.05. The number of nitrogens with two attached hydrogens (primary N) is 1. The molecule has 0 radical (unpaired) electrons. The average Bonchev–Trinajstić information content (AvgIpc) is 2.52. The number of nitrogens with zero attached hydrogens (tertiary/aromatic N) is 3. The van der Waals surface area contributed by atoms with E-state index in [1.165, 1.54) is 0 Å². The fraction of sp³-hybridized carbons (Fsp3) is 0.800. The fourth-order valence-corrected chi connectivity index (χ4v) is 2.33. The Balaban J connectivity index is 2.30. The van der Waals surface area contributed by atoms with Gasteiger partial charge in [0.05, 0.1) is 17.4 Å². The molecule has 1 unspecified atom stereocenters. The van der Waals surface area contributed by atoms with Crippen molar-refractivity contribution in [2.75, 3.05) is 5.73 Å². The van der Waals surface area contributed by atoms with Gasteiger partial charge in [0, 0.05) is 6.42 Å². The molecule has 0 spiro atoms. The number of hydrogen-bond acceptors (Lipinski definition) is 4. The topological polar surface area (TPSA) is 66.0 Å². The summed E-state index contributed by atoms with van der Waals surface area (Å²) in [4.78, 5) is 1.67. The summed E-state index contributed by atoms with van der Waals surface area (Å²) in [6, 6.07) is 0.143. The molecule has 15 heavy (non-hydrogen) atoms. The van der Waals surface area contributed by atoms with Crippen molar-refractivity contribution >= 4 is 5.82 Å². The molecule has 5 heteroatoms. The maximum atomic E-state index is 5.97. The number of ether oxygens (including phenoxy) is 1. The van der Waals surface area contributed by atoms with Crippen molar-refractivity contribution in [3.63, 3.8) is 0 Å². The number of nitrogen functional groups attached to an aromatic ring is 1. The van der Waals surface area contributed by atoms with Crippen LogP contribution in [0.25, 0.3) is 0 Å². The van der Waals surface area contributed by atoms with Crippen molar-refractivity contribution in [2.24, 2.45) is 0 Å². The van der Waals surface area contributed by atoms with Crippen LogP contribution in [-0.2, 0) is 4.74 Å². The van der Waals surface area contributed by atoms with Crippen LogP contribution >= 0.6 is 0 Å². The molecule has 5 nitrogen and oxygen atoms in total. The van der Waals surface area contributed by atoms with Crippen molar-refractivity contribution in [1.82, 2.24) is 15.0 Å². The van der Waals surface area contributed by atoms with Crippen LogP contribution in [0.1, 0.15) is 40.2 Å². The lowest BCUT2D eigenvalue weighted by atomic mass is 9.95. The van der Waals surface area contributed by atoms with Gasteiger partial charge in [0.1, 0.15) is 6.04 Å². The maximum absolute atomic E-state index is 5.97. The van der Waals surface area contributed by atoms with Gasteiger partial charge in [-0.15, -0.1) is 5.10 Å². The molecule has 2 heterocycles. The molecule has 1 aliphatic heterocycles. The third-order valence-electron chi connectivity index (χ3n) is 2.83. The summed E-state index contributed by atoms with van der Waals surface area (Å²) in [6.07, 6.45) is 2.47. The van der Waals surface area contributed by atoms with Crippen LogP contribution in [-0.4, -0.2) is 26.2 Å². The third kappa shape index (κ3) is 1.84. The second-order valence-electron chi connectivity index (χ2n) is 5.27. The molecule has 0 aromatic carbocycles. The zero-order valence-electron chi connectivity index (χ0n) is 9.69. The van der Waals surface area contributed by atoms with E-state index in [4.69, 9.17) is 10.5 Å². The van der Waals surface area contributed by atoms with E-state index in [-0.39, 0.29) is 17.2 Å². The van der Waals surface area contributed by atoms with E-state index in [0.717, 1.165) is 6.42 Å². The molecule has 0 aliphatic carbocycles. The summed E-state index contributed by atoms with van der Waals surface area (Å²) >= 11 is 0. The Labute approximate surface area is 89.6 Å². The Bertz CT molecular complexity index is 369. The van der Waals surface area contributed by atoms with Gasteiger partial charge in [-0.2, -0.15) is 9.90 Å². The van der Waals surface area contributed by atoms with E-state index in [1.807, 2.05) is 0 Å². The first-order valence-corrected chi connectivity index (χ1v) is 5.18. The van der Waals surface area contributed by atoms with Crippen molar-refractivity contribution in [1.29, 1.82) is 0 Å². The van der Waals surface area contributed by atoms with E-state index in [0.29, 0.717) is 5.82 Å². The minimum atomic E-state index is -0.255. The molecule has 0 bridgehead atoms. The molecule has 1 aromatic heterocycles. The molecule has 1 atom stereocenters. The summed E-state index contributed by atoms with van der Waals surface area (Å²) in [5, 5.41) is 8.32. The minimum Gasteiger partial charge on any atom is -0.381 e.